The van der Waals surface area contributed by atoms with E-state index in [0.29, 0.717) is 5.69 Å². The normalized spacial score (nSPS) is 17.3. The number of anilines is 1. The third kappa shape index (κ3) is 4.13. The molecular formula is C20H32FN6+. The van der Waals surface area contributed by atoms with Gasteiger partial charge in [-0.15, -0.1) is 5.10 Å². The second kappa shape index (κ2) is 8.33. The van der Waals surface area contributed by atoms with Crippen LogP contribution in [0.25, 0.3) is 0 Å². The van der Waals surface area contributed by atoms with Gasteiger partial charge in [0.1, 0.15) is 11.9 Å². The number of quaternary nitrogens is 1. The molecule has 0 spiro atoms. The van der Waals surface area contributed by atoms with E-state index in [4.69, 9.17) is 0 Å². The van der Waals surface area contributed by atoms with Crippen LogP contribution in [0.15, 0.2) is 24.3 Å². The molecule has 6 nitrogen and oxygen atoms in total. The van der Waals surface area contributed by atoms with Gasteiger partial charge in [0, 0.05) is 6.42 Å². The van der Waals surface area contributed by atoms with Crippen molar-refractivity contribution in [1.82, 2.24) is 20.2 Å². The summed E-state index contributed by atoms with van der Waals surface area (Å²) in [5.74, 6) is 0.845. The molecule has 0 bridgehead atoms. The van der Waals surface area contributed by atoms with Gasteiger partial charge in [0.2, 0.25) is 5.82 Å². The second-order valence-electron chi connectivity index (χ2n) is 8.05. The van der Waals surface area contributed by atoms with Crippen molar-refractivity contribution in [1.29, 1.82) is 0 Å². The van der Waals surface area contributed by atoms with Crippen molar-refractivity contribution in [2.24, 2.45) is 0 Å². The molecule has 0 aliphatic carbocycles. The third-order valence-electron chi connectivity index (χ3n) is 5.91. The average Bonchev–Trinajstić information content (AvgIpc) is 3.17. The zero-order valence-electron chi connectivity index (χ0n) is 17.0. The maximum absolute atomic E-state index is 14.1. The summed E-state index contributed by atoms with van der Waals surface area (Å²) in [6.45, 7) is 12.3. The summed E-state index contributed by atoms with van der Waals surface area (Å²) >= 11 is 0. The molecule has 1 aliphatic rings. The van der Waals surface area contributed by atoms with E-state index in [1.807, 2.05) is 16.8 Å². The average molecular weight is 376 g/mol. The Kier molecular flexibility index (Phi) is 6.09. The summed E-state index contributed by atoms with van der Waals surface area (Å²) in [7, 11) is 0. The first-order valence-corrected chi connectivity index (χ1v) is 10.1. The Morgan fingerprint density at radius 3 is 2.52 bits per heavy atom. The van der Waals surface area contributed by atoms with Crippen LogP contribution < -0.4 is 9.80 Å². The van der Waals surface area contributed by atoms with Crippen molar-refractivity contribution >= 4 is 5.69 Å². The Labute approximate surface area is 161 Å². The fraction of sp³-hybridized carbons (Fsp3) is 0.650. The SMILES string of the molecule is CCC[C@@H](c1nnnn1C(C)(C)CC)[NH+]1CCN(c2ccccc2F)CC1. The highest BCUT2D eigenvalue weighted by Gasteiger charge is 2.35. The van der Waals surface area contributed by atoms with Crippen LogP contribution in [0.2, 0.25) is 0 Å². The third-order valence-corrected chi connectivity index (χ3v) is 5.91. The summed E-state index contributed by atoms with van der Waals surface area (Å²) in [5, 5.41) is 12.7. The molecule has 0 saturated carbocycles. The fourth-order valence-corrected chi connectivity index (χ4v) is 3.89. The lowest BCUT2D eigenvalue weighted by molar-refractivity contribution is -0.933. The smallest absolute Gasteiger partial charge is 0.209 e. The molecule has 3 rings (SSSR count). The maximum Gasteiger partial charge on any atom is 0.209 e. The molecule has 0 amide bonds. The number of nitrogens with zero attached hydrogens (tertiary/aromatic N) is 5. The number of hydrogen-bond acceptors (Lipinski definition) is 4. The minimum absolute atomic E-state index is 0.0980. The van der Waals surface area contributed by atoms with Crippen LogP contribution in [0.1, 0.15) is 58.8 Å². The summed E-state index contributed by atoms with van der Waals surface area (Å²) in [6, 6.07) is 7.33. The van der Waals surface area contributed by atoms with Gasteiger partial charge in [-0.25, -0.2) is 9.07 Å². The van der Waals surface area contributed by atoms with Crippen LogP contribution in [0.3, 0.4) is 0 Å². The largest absolute Gasteiger partial charge is 0.358 e. The van der Waals surface area contributed by atoms with Gasteiger partial charge in [-0.1, -0.05) is 32.4 Å². The predicted molar refractivity (Wildman–Crippen MR) is 104 cm³/mol. The first kappa shape index (κ1) is 19.7. The molecule has 148 valence electrons. The summed E-state index contributed by atoms with van der Waals surface area (Å²) in [6.07, 6.45) is 3.11. The van der Waals surface area contributed by atoms with Crippen molar-refractivity contribution in [3.63, 3.8) is 0 Å². The Hall–Kier alpha value is -2.02. The van der Waals surface area contributed by atoms with Crippen molar-refractivity contribution in [3.8, 4) is 0 Å². The molecule has 7 heteroatoms. The number of hydrogen-bond donors (Lipinski definition) is 1. The van der Waals surface area contributed by atoms with Crippen LogP contribution in [-0.4, -0.2) is 46.4 Å². The molecule has 27 heavy (non-hydrogen) atoms. The molecule has 0 radical (unpaired) electrons. The number of aromatic nitrogens is 4. The Morgan fingerprint density at radius 2 is 1.89 bits per heavy atom. The molecule has 1 aromatic carbocycles. The zero-order valence-corrected chi connectivity index (χ0v) is 17.0. The van der Waals surface area contributed by atoms with Crippen LogP contribution in [0.4, 0.5) is 10.1 Å². The van der Waals surface area contributed by atoms with Gasteiger partial charge in [-0.2, -0.15) is 0 Å². The number of benzene rings is 1. The molecule has 1 aliphatic heterocycles. The molecule has 1 atom stereocenters. The Bertz CT molecular complexity index is 736. The first-order chi connectivity index (χ1) is 13.0. The van der Waals surface area contributed by atoms with E-state index >= 15 is 0 Å². The van der Waals surface area contributed by atoms with Gasteiger partial charge in [0.15, 0.2) is 0 Å². The van der Waals surface area contributed by atoms with Crippen molar-refractivity contribution < 1.29 is 9.29 Å². The highest BCUT2D eigenvalue weighted by molar-refractivity contribution is 5.47. The Balaban J connectivity index is 1.77. The highest BCUT2D eigenvalue weighted by Crippen LogP contribution is 2.24. The monoisotopic (exact) mass is 375 g/mol. The lowest BCUT2D eigenvalue weighted by Crippen LogP contribution is -3.15. The van der Waals surface area contributed by atoms with Gasteiger partial charge in [-0.3, -0.25) is 0 Å². The van der Waals surface area contributed by atoms with Crippen molar-refractivity contribution in [3.05, 3.63) is 35.9 Å². The van der Waals surface area contributed by atoms with Gasteiger partial charge in [0.05, 0.1) is 37.4 Å². The standard InChI is InChI=1S/C20H31FN6/c1-5-9-18(19-22-23-24-27(19)20(3,4)6-2)26-14-12-25(13-15-26)17-11-8-7-10-16(17)21/h7-8,10-11,18H,5-6,9,12-15H2,1-4H3/p+1/t18-/m0/s1. The molecule has 1 N–H and O–H groups in total. The van der Waals surface area contributed by atoms with Crippen LogP contribution in [0, 0.1) is 5.82 Å². The van der Waals surface area contributed by atoms with E-state index in [1.54, 1.807) is 6.07 Å². The van der Waals surface area contributed by atoms with Gasteiger partial charge >= 0.3 is 0 Å². The van der Waals surface area contributed by atoms with E-state index in [-0.39, 0.29) is 17.4 Å². The quantitative estimate of drug-likeness (QED) is 0.806. The molecular weight excluding hydrogens is 343 g/mol. The number of piperazine rings is 1. The van der Waals surface area contributed by atoms with Gasteiger partial charge < -0.3 is 9.80 Å². The number of tetrazole rings is 1. The van der Waals surface area contributed by atoms with Crippen molar-refractivity contribution in [2.75, 3.05) is 31.1 Å². The van der Waals surface area contributed by atoms with Crippen LogP contribution in [0.5, 0.6) is 0 Å². The van der Waals surface area contributed by atoms with E-state index in [2.05, 4.69) is 48.1 Å². The molecule has 1 fully saturated rings. The lowest BCUT2D eigenvalue weighted by atomic mass is 10.0. The fourth-order valence-electron chi connectivity index (χ4n) is 3.89. The number of halogens is 1. The minimum atomic E-state index is -0.139. The summed E-state index contributed by atoms with van der Waals surface area (Å²) < 4.78 is 16.1. The minimum Gasteiger partial charge on any atom is -0.358 e. The molecule has 2 aromatic rings. The van der Waals surface area contributed by atoms with Gasteiger partial charge in [-0.05, 0) is 42.8 Å². The maximum atomic E-state index is 14.1. The van der Waals surface area contributed by atoms with E-state index < -0.39 is 0 Å². The second-order valence-corrected chi connectivity index (χ2v) is 8.05. The predicted octanol–water partition coefficient (Wildman–Crippen LogP) is 2.20. The molecule has 2 heterocycles. The van der Waals surface area contributed by atoms with E-state index in [1.165, 1.54) is 11.0 Å². The Morgan fingerprint density at radius 1 is 1.19 bits per heavy atom. The number of rotatable bonds is 7. The topological polar surface area (TPSA) is 51.3 Å². The number of para-hydroxylation sites is 1. The summed E-state index contributed by atoms with van der Waals surface area (Å²) in [4.78, 5) is 3.65. The summed E-state index contributed by atoms with van der Waals surface area (Å²) in [5.41, 5.74) is 0.611. The molecule has 1 saturated heterocycles. The highest BCUT2D eigenvalue weighted by atomic mass is 19.1. The van der Waals surface area contributed by atoms with Gasteiger partial charge in [0.25, 0.3) is 0 Å². The van der Waals surface area contributed by atoms with E-state index in [0.717, 1.165) is 51.3 Å². The number of nitrogens with one attached hydrogen (secondary N) is 1. The van der Waals surface area contributed by atoms with E-state index in [9.17, 15) is 4.39 Å². The van der Waals surface area contributed by atoms with Crippen molar-refractivity contribution in [2.45, 2.75) is 58.5 Å². The van der Waals surface area contributed by atoms with Crippen LogP contribution in [-0.2, 0) is 5.54 Å². The van der Waals surface area contributed by atoms with Crippen LogP contribution >= 0.6 is 0 Å². The molecule has 0 unspecified atom stereocenters. The molecule has 1 aromatic heterocycles. The zero-order chi connectivity index (χ0) is 19.4. The first-order valence-electron chi connectivity index (χ1n) is 10.1. The lowest BCUT2D eigenvalue weighted by Gasteiger charge is -2.38.